The lowest BCUT2D eigenvalue weighted by Crippen LogP contribution is -2.51. The van der Waals surface area contributed by atoms with Crippen molar-refractivity contribution in [2.24, 2.45) is 11.8 Å². The Bertz CT molecular complexity index is 232. The zero-order valence-electron chi connectivity index (χ0n) is 11.2. The molecule has 0 aromatic rings. The molecule has 0 N–H and O–H groups in total. The quantitative estimate of drug-likeness (QED) is 0.739. The molecule has 0 radical (unpaired) electrons. The van der Waals surface area contributed by atoms with Gasteiger partial charge in [0.25, 0.3) is 0 Å². The second-order valence-corrected chi connectivity index (χ2v) is 5.88. The van der Waals surface area contributed by atoms with Gasteiger partial charge in [0.2, 0.25) is 0 Å². The summed E-state index contributed by atoms with van der Waals surface area (Å²) in [4.78, 5) is 2.50. The van der Waals surface area contributed by atoms with Crippen LogP contribution in [0.15, 0.2) is 0 Å². The second kappa shape index (κ2) is 4.28. The third-order valence-corrected chi connectivity index (χ3v) is 3.94. The van der Waals surface area contributed by atoms with Crippen LogP contribution >= 0.6 is 0 Å². The predicted octanol–water partition coefficient (Wildman–Crippen LogP) is 2.46. The fourth-order valence-electron chi connectivity index (χ4n) is 2.93. The molecule has 94 valence electrons. The molecule has 0 amide bonds. The van der Waals surface area contributed by atoms with E-state index >= 15 is 0 Å². The molecule has 0 aromatic heterocycles. The Labute approximate surface area is 99.1 Å². The Kier molecular flexibility index (Phi) is 3.30. The SMILES string of the molecule is CCC12CO[C@H](C(C)C)N1[C@@H](C(C)C)OC2. The lowest BCUT2D eigenvalue weighted by molar-refractivity contribution is -0.0949. The highest BCUT2D eigenvalue weighted by Gasteiger charge is 2.55. The highest BCUT2D eigenvalue weighted by Crippen LogP contribution is 2.42. The summed E-state index contributed by atoms with van der Waals surface area (Å²) < 4.78 is 12.0. The van der Waals surface area contributed by atoms with Gasteiger partial charge in [-0.1, -0.05) is 34.6 Å². The first-order valence-electron chi connectivity index (χ1n) is 6.53. The van der Waals surface area contributed by atoms with Gasteiger partial charge in [0.15, 0.2) is 0 Å². The average molecular weight is 227 g/mol. The summed E-state index contributed by atoms with van der Waals surface area (Å²) >= 11 is 0. The van der Waals surface area contributed by atoms with Crippen molar-refractivity contribution < 1.29 is 9.47 Å². The Morgan fingerprint density at radius 2 is 1.50 bits per heavy atom. The monoisotopic (exact) mass is 227 g/mol. The van der Waals surface area contributed by atoms with Crippen LogP contribution in [0.5, 0.6) is 0 Å². The molecule has 2 atom stereocenters. The Hall–Kier alpha value is -0.120. The first kappa shape index (κ1) is 12.3. The maximum Gasteiger partial charge on any atom is 0.115 e. The van der Waals surface area contributed by atoms with E-state index in [1.807, 2.05) is 0 Å². The molecule has 2 rings (SSSR count). The van der Waals surface area contributed by atoms with Gasteiger partial charge in [0, 0.05) is 0 Å². The van der Waals surface area contributed by atoms with E-state index in [9.17, 15) is 0 Å². The minimum atomic E-state index is 0.143. The van der Waals surface area contributed by atoms with Crippen LogP contribution < -0.4 is 0 Å². The standard InChI is InChI=1S/C13H25NO2/c1-6-13-7-15-11(9(2)3)14(13)12(10(4)5)16-8-13/h9-12H,6-8H2,1-5H3/t11-,12-/m1/s1. The lowest BCUT2D eigenvalue weighted by atomic mass is 9.96. The topological polar surface area (TPSA) is 21.7 Å². The van der Waals surface area contributed by atoms with Gasteiger partial charge in [0.05, 0.1) is 18.8 Å². The summed E-state index contributed by atoms with van der Waals surface area (Å²) in [5.74, 6) is 1.05. The van der Waals surface area contributed by atoms with E-state index in [1.54, 1.807) is 0 Å². The minimum absolute atomic E-state index is 0.143. The molecule has 0 spiro atoms. The summed E-state index contributed by atoms with van der Waals surface area (Å²) in [5.41, 5.74) is 0.143. The molecule has 2 aliphatic heterocycles. The van der Waals surface area contributed by atoms with Crippen molar-refractivity contribution >= 4 is 0 Å². The van der Waals surface area contributed by atoms with E-state index < -0.39 is 0 Å². The maximum absolute atomic E-state index is 6.00. The number of fused-ring (bicyclic) bond motifs is 1. The third kappa shape index (κ3) is 1.69. The molecule has 0 aromatic carbocycles. The fourth-order valence-corrected chi connectivity index (χ4v) is 2.93. The van der Waals surface area contributed by atoms with E-state index in [0.29, 0.717) is 11.8 Å². The number of rotatable bonds is 3. The number of hydrogen-bond donors (Lipinski definition) is 0. The largest absolute Gasteiger partial charge is 0.361 e. The van der Waals surface area contributed by atoms with Gasteiger partial charge in [-0.05, 0) is 18.3 Å². The molecule has 0 aliphatic carbocycles. The molecule has 2 aliphatic rings. The van der Waals surface area contributed by atoms with Gasteiger partial charge >= 0.3 is 0 Å². The van der Waals surface area contributed by atoms with Gasteiger partial charge in [-0.3, -0.25) is 0 Å². The minimum Gasteiger partial charge on any atom is -0.361 e. The van der Waals surface area contributed by atoms with Crippen LogP contribution in [0.2, 0.25) is 0 Å². The van der Waals surface area contributed by atoms with Crippen molar-refractivity contribution in [1.82, 2.24) is 4.90 Å². The predicted molar refractivity (Wildman–Crippen MR) is 64.0 cm³/mol. The normalized spacial score (nSPS) is 33.9. The zero-order valence-corrected chi connectivity index (χ0v) is 11.2. The number of nitrogens with zero attached hydrogens (tertiary/aromatic N) is 1. The van der Waals surface area contributed by atoms with Crippen LogP contribution in [0.25, 0.3) is 0 Å². The van der Waals surface area contributed by atoms with Crippen molar-refractivity contribution in [3.05, 3.63) is 0 Å². The zero-order chi connectivity index (χ0) is 11.9. The van der Waals surface area contributed by atoms with E-state index in [-0.39, 0.29) is 18.0 Å². The van der Waals surface area contributed by atoms with Crippen molar-refractivity contribution in [2.45, 2.75) is 59.0 Å². The van der Waals surface area contributed by atoms with Gasteiger partial charge in [-0.2, -0.15) is 0 Å². The Balaban J connectivity index is 2.25. The van der Waals surface area contributed by atoms with Crippen LogP contribution in [0.1, 0.15) is 41.0 Å². The summed E-state index contributed by atoms with van der Waals surface area (Å²) in [5, 5.41) is 0. The molecular formula is C13H25NO2. The first-order valence-corrected chi connectivity index (χ1v) is 6.53. The summed E-state index contributed by atoms with van der Waals surface area (Å²) in [6, 6.07) is 0. The average Bonchev–Trinajstić information content (AvgIpc) is 2.72. The highest BCUT2D eigenvalue weighted by atomic mass is 16.6. The fraction of sp³-hybridized carbons (Fsp3) is 1.00. The van der Waals surface area contributed by atoms with E-state index in [4.69, 9.17) is 9.47 Å². The van der Waals surface area contributed by atoms with Crippen molar-refractivity contribution in [2.75, 3.05) is 13.2 Å². The van der Waals surface area contributed by atoms with Gasteiger partial charge in [0.1, 0.15) is 12.5 Å². The van der Waals surface area contributed by atoms with Crippen LogP contribution in [0.3, 0.4) is 0 Å². The molecule has 3 heteroatoms. The third-order valence-electron chi connectivity index (χ3n) is 3.94. The van der Waals surface area contributed by atoms with Crippen molar-refractivity contribution in [1.29, 1.82) is 0 Å². The van der Waals surface area contributed by atoms with Crippen molar-refractivity contribution in [3.63, 3.8) is 0 Å². The summed E-state index contributed by atoms with van der Waals surface area (Å²) in [6.07, 6.45) is 1.57. The van der Waals surface area contributed by atoms with Gasteiger partial charge in [-0.15, -0.1) is 0 Å². The van der Waals surface area contributed by atoms with Gasteiger partial charge < -0.3 is 9.47 Å². The lowest BCUT2D eigenvalue weighted by Gasteiger charge is -2.36. The van der Waals surface area contributed by atoms with Crippen LogP contribution in [0.4, 0.5) is 0 Å². The van der Waals surface area contributed by atoms with Crippen LogP contribution in [0, 0.1) is 11.8 Å². The van der Waals surface area contributed by atoms with Gasteiger partial charge in [-0.25, -0.2) is 4.90 Å². The summed E-state index contributed by atoms with van der Waals surface area (Å²) in [6.45, 7) is 12.8. The van der Waals surface area contributed by atoms with E-state index in [2.05, 4.69) is 39.5 Å². The molecule has 2 fully saturated rings. The molecule has 16 heavy (non-hydrogen) atoms. The smallest absolute Gasteiger partial charge is 0.115 e. The molecule has 3 nitrogen and oxygen atoms in total. The maximum atomic E-state index is 6.00. The second-order valence-electron chi connectivity index (χ2n) is 5.88. The Morgan fingerprint density at radius 3 is 1.81 bits per heavy atom. The molecule has 0 saturated carbocycles. The molecular weight excluding hydrogens is 202 g/mol. The molecule has 0 bridgehead atoms. The molecule has 2 saturated heterocycles. The van der Waals surface area contributed by atoms with E-state index in [1.165, 1.54) is 0 Å². The molecule has 2 heterocycles. The number of ether oxygens (including phenoxy) is 2. The van der Waals surface area contributed by atoms with Crippen LogP contribution in [-0.2, 0) is 9.47 Å². The summed E-state index contributed by atoms with van der Waals surface area (Å²) in [7, 11) is 0. The number of hydrogen-bond acceptors (Lipinski definition) is 3. The van der Waals surface area contributed by atoms with Crippen LogP contribution in [-0.4, -0.2) is 36.1 Å². The first-order chi connectivity index (χ1) is 7.52. The van der Waals surface area contributed by atoms with Crippen molar-refractivity contribution in [3.8, 4) is 0 Å². The molecule has 0 unspecified atom stereocenters. The van der Waals surface area contributed by atoms with E-state index in [0.717, 1.165) is 19.6 Å². The highest BCUT2D eigenvalue weighted by molar-refractivity contribution is 5.02. The Morgan fingerprint density at radius 1 is 1.06 bits per heavy atom.